The first-order valence-corrected chi connectivity index (χ1v) is 9.14. The molecule has 7 nitrogen and oxygen atoms in total. The van der Waals surface area contributed by atoms with Crippen molar-refractivity contribution in [3.05, 3.63) is 38.8 Å². The molecule has 1 saturated carbocycles. The molecule has 0 amide bonds. The third-order valence-corrected chi connectivity index (χ3v) is 5.13. The standard InChI is InChI=1S/C16H21N5O2S/c22-21(23)14-15(17-9-8-13-7-4-10-24-13)18-11-19-16(14)20-12-5-2-1-3-6-12/h4,7,10-12H,1-3,5-6,8-9H2,(H2,17,18,19,20). The molecule has 1 aliphatic carbocycles. The van der Waals surface area contributed by atoms with Crippen molar-refractivity contribution in [3.63, 3.8) is 0 Å². The Kier molecular flexibility index (Phi) is 5.58. The largest absolute Gasteiger partial charge is 0.364 e. The van der Waals surface area contributed by atoms with Crippen molar-refractivity contribution in [2.24, 2.45) is 0 Å². The molecular weight excluding hydrogens is 326 g/mol. The van der Waals surface area contributed by atoms with Gasteiger partial charge in [-0.2, -0.15) is 0 Å². The minimum absolute atomic E-state index is 0.0609. The van der Waals surface area contributed by atoms with Gasteiger partial charge in [0.05, 0.1) is 4.92 Å². The summed E-state index contributed by atoms with van der Waals surface area (Å²) in [4.78, 5) is 20.5. The van der Waals surface area contributed by atoms with Crippen molar-refractivity contribution in [1.82, 2.24) is 9.97 Å². The minimum atomic E-state index is -0.404. The molecule has 0 bridgehead atoms. The number of nitro groups is 1. The van der Waals surface area contributed by atoms with Crippen molar-refractivity contribution in [1.29, 1.82) is 0 Å². The Labute approximate surface area is 144 Å². The Morgan fingerprint density at radius 3 is 2.75 bits per heavy atom. The van der Waals surface area contributed by atoms with Gasteiger partial charge < -0.3 is 10.6 Å². The lowest BCUT2D eigenvalue weighted by molar-refractivity contribution is -0.383. The molecule has 2 aromatic heterocycles. The first-order valence-electron chi connectivity index (χ1n) is 8.26. The number of nitrogens with zero attached hydrogens (tertiary/aromatic N) is 3. The molecule has 1 aliphatic rings. The number of thiophene rings is 1. The molecule has 2 aromatic rings. The molecule has 128 valence electrons. The van der Waals surface area contributed by atoms with Crippen LogP contribution in [0.5, 0.6) is 0 Å². The maximum Gasteiger partial charge on any atom is 0.353 e. The summed E-state index contributed by atoms with van der Waals surface area (Å²) >= 11 is 1.68. The molecule has 0 spiro atoms. The second kappa shape index (κ2) is 8.05. The van der Waals surface area contributed by atoms with E-state index in [4.69, 9.17) is 0 Å². The molecule has 0 atom stereocenters. The number of nitrogens with one attached hydrogen (secondary N) is 2. The van der Waals surface area contributed by atoms with Crippen LogP contribution in [0.1, 0.15) is 37.0 Å². The highest BCUT2D eigenvalue weighted by atomic mass is 32.1. The van der Waals surface area contributed by atoms with Gasteiger partial charge in [-0.15, -0.1) is 11.3 Å². The van der Waals surface area contributed by atoms with Gasteiger partial charge in [0, 0.05) is 17.5 Å². The topological polar surface area (TPSA) is 93.0 Å². The average Bonchev–Trinajstić information content (AvgIpc) is 3.09. The Hall–Kier alpha value is -2.22. The van der Waals surface area contributed by atoms with E-state index in [1.54, 1.807) is 11.3 Å². The Morgan fingerprint density at radius 2 is 2.04 bits per heavy atom. The van der Waals surface area contributed by atoms with Crippen LogP contribution in [0.3, 0.4) is 0 Å². The monoisotopic (exact) mass is 347 g/mol. The fourth-order valence-electron chi connectivity index (χ4n) is 2.99. The smallest absolute Gasteiger partial charge is 0.353 e. The molecule has 8 heteroatoms. The van der Waals surface area contributed by atoms with Crippen LogP contribution >= 0.6 is 11.3 Å². The van der Waals surface area contributed by atoms with Gasteiger partial charge in [-0.3, -0.25) is 10.1 Å². The van der Waals surface area contributed by atoms with Crippen molar-refractivity contribution >= 4 is 28.7 Å². The molecule has 2 heterocycles. The lowest BCUT2D eigenvalue weighted by Crippen LogP contribution is -2.24. The molecular formula is C16H21N5O2S. The predicted molar refractivity (Wildman–Crippen MR) is 95.7 cm³/mol. The molecule has 0 saturated heterocycles. The highest BCUT2D eigenvalue weighted by molar-refractivity contribution is 7.09. The van der Waals surface area contributed by atoms with E-state index in [1.807, 2.05) is 11.4 Å². The lowest BCUT2D eigenvalue weighted by atomic mass is 9.95. The second-order valence-electron chi connectivity index (χ2n) is 5.91. The van der Waals surface area contributed by atoms with E-state index in [9.17, 15) is 10.1 Å². The van der Waals surface area contributed by atoms with Gasteiger partial charge in [-0.25, -0.2) is 9.97 Å². The van der Waals surface area contributed by atoms with E-state index >= 15 is 0 Å². The Balaban J connectivity index is 1.70. The summed E-state index contributed by atoms with van der Waals surface area (Å²) in [6.45, 7) is 0.598. The SMILES string of the molecule is O=[N+]([O-])c1c(NCCc2cccs2)ncnc1NC1CCCCC1. The average molecular weight is 347 g/mol. The molecule has 0 aliphatic heterocycles. The van der Waals surface area contributed by atoms with Gasteiger partial charge in [0.15, 0.2) is 0 Å². The highest BCUT2D eigenvalue weighted by Crippen LogP contribution is 2.31. The van der Waals surface area contributed by atoms with Crippen LogP contribution in [0.4, 0.5) is 17.3 Å². The van der Waals surface area contributed by atoms with E-state index in [0.29, 0.717) is 12.4 Å². The summed E-state index contributed by atoms with van der Waals surface area (Å²) < 4.78 is 0. The molecule has 1 fully saturated rings. The zero-order valence-electron chi connectivity index (χ0n) is 13.4. The third kappa shape index (κ3) is 4.19. The number of hydrogen-bond donors (Lipinski definition) is 2. The molecule has 0 unspecified atom stereocenters. The quantitative estimate of drug-likeness (QED) is 0.584. The lowest BCUT2D eigenvalue weighted by Gasteiger charge is -2.23. The van der Waals surface area contributed by atoms with E-state index < -0.39 is 4.92 Å². The maximum atomic E-state index is 11.5. The number of rotatable bonds is 7. The summed E-state index contributed by atoms with van der Waals surface area (Å²) in [5.41, 5.74) is -0.0609. The maximum absolute atomic E-state index is 11.5. The van der Waals surface area contributed by atoms with Crippen molar-refractivity contribution in [2.45, 2.75) is 44.6 Å². The van der Waals surface area contributed by atoms with Crippen LogP contribution in [0, 0.1) is 10.1 Å². The van der Waals surface area contributed by atoms with E-state index in [0.717, 1.165) is 32.1 Å². The normalized spacial score (nSPS) is 15.2. The summed E-state index contributed by atoms with van der Waals surface area (Å²) in [6.07, 6.45) is 7.80. The van der Waals surface area contributed by atoms with Gasteiger partial charge in [0.1, 0.15) is 6.33 Å². The first-order chi connectivity index (χ1) is 11.7. The summed E-state index contributed by atoms with van der Waals surface area (Å²) in [6, 6.07) is 4.31. The van der Waals surface area contributed by atoms with Gasteiger partial charge in [-0.1, -0.05) is 25.3 Å². The zero-order valence-corrected chi connectivity index (χ0v) is 14.2. The molecule has 2 N–H and O–H groups in total. The van der Waals surface area contributed by atoms with Gasteiger partial charge in [0.2, 0.25) is 11.6 Å². The predicted octanol–water partition coefficient (Wildman–Crippen LogP) is 3.85. The van der Waals surface area contributed by atoms with E-state index in [1.165, 1.54) is 17.6 Å². The molecule has 0 aromatic carbocycles. The van der Waals surface area contributed by atoms with Crippen LogP contribution in [0.25, 0.3) is 0 Å². The highest BCUT2D eigenvalue weighted by Gasteiger charge is 2.25. The summed E-state index contributed by atoms with van der Waals surface area (Å²) in [5.74, 6) is 0.602. The zero-order chi connectivity index (χ0) is 16.8. The van der Waals surface area contributed by atoms with Gasteiger partial charge in [-0.05, 0) is 30.7 Å². The van der Waals surface area contributed by atoms with Crippen LogP contribution < -0.4 is 10.6 Å². The van der Waals surface area contributed by atoms with E-state index in [2.05, 4.69) is 26.7 Å². The number of hydrogen-bond acceptors (Lipinski definition) is 7. The minimum Gasteiger partial charge on any atom is -0.364 e. The fraction of sp³-hybridized carbons (Fsp3) is 0.500. The number of anilines is 2. The fourth-order valence-corrected chi connectivity index (χ4v) is 3.69. The first kappa shape index (κ1) is 16.6. The Bertz CT molecular complexity index is 671. The molecule has 3 rings (SSSR count). The molecule has 24 heavy (non-hydrogen) atoms. The van der Waals surface area contributed by atoms with Crippen LogP contribution in [-0.2, 0) is 6.42 Å². The summed E-state index contributed by atoms with van der Waals surface area (Å²) in [7, 11) is 0. The van der Waals surface area contributed by atoms with Crippen LogP contribution in [-0.4, -0.2) is 27.5 Å². The summed E-state index contributed by atoms with van der Waals surface area (Å²) in [5, 5.41) is 19.9. The molecule has 0 radical (unpaired) electrons. The van der Waals surface area contributed by atoms with Crippen molar-refractivity contribution in [2.75, 3.05) is 17.2 Å². The Morgan fingerprint density at radius 1 is 1.25 bits per heavy atom. The number of aromatic nitrogens is 2. The van der Waals surface area contributed by atoms with Crippen LogP contribution in [0.2, 0.25) is 0 Å². The third-order valence-electron chi connectivity index (χ3n) is 4.19. The van der Waals surface area contributed by atoms with E-state index in [-0.39, 0.29) is 17.5 Å². The second-order valence-corrected chi connectivity index (χ2v) is 6.94. The van der Waals surface area contributed by atoms with Crippen LogP contribution in [0.15, 0.2) is 23.8 Å². The van der Waals surface area contributed by atoms with Gasteiger partial charge in [0.25, 0.3) is 0 Å². The van der Waals surface area contributed by atoms with Crippen molar-refractivity contribution < 1.29 is 4.92 Å². The van der Waals surface area contributed by atoms with Crippen molar-refractivity contribution in [3.8, 4) is 0 Å². The van der Waals surface area contributed by atoms with Gasteiger partial charge >= 0.3 is 5.69 Å².